The van der Waals surface area contributed by atoms with Gasteiger partial charge in [0.1, 0.15) is 0 Å². The molecule has 0 aliphatic carbocycles. The number of nitrogens with zero attached hydrogens (tertiary/aromatic N) is 1. The highest BCUT2D eigenvalue weighted by Crippen LogP contribution is 2.20. The fourth-order valence-corrected chi connectivity index (χ4v) is 0.894. The molecule has 0 amide bonds. The summed E-state index contributed by atoms with van der Waals surface area (Å²) in [7, 11) is 0. The van der Waals surface area contributed by atoms with Gasteiger partial charge in [0, 0.05) is 11.8 Å². The van der Waals surface area contributed by atoms with Crippen LogP contribution in [0.15, 0.2) is 23.7 Å². The van der Waals surface area contributed by atoms with Crippen molar-refractivity contribution in [2.45, 2.75) is 4.90 Å². The third kappa shape index (κ3) is 1.77. The van der Waals surface area contributed by atoms with Gasteiger partial charge in [0.25, 0.3) is 0 Å². The molecule has 1 aromatic heterocycles. The Labute approximate surface area is 67.4 Å². The van der Waals surface area contributed by atoms with Gasteiger partial charge in [0.2, 0.25) is 5.95 Å². The molecule has 0 saturated carbocycles. The van der Waals surface area contributed by atoms with E-state index in [1.807, 2.05) is 0 Å². The first kappa shape index (κ1) is 8.20. The highest BCUT2D eigenvalue weighted by atomic mass is 32.2. The smallest absolute Gasteiger partial charge is 0.220 e. The second-order valence-electron chi connectivity index (χ2n) is 1.83. The monoisotopic (exact) mass is 173 g/mol. The molecular formula is C7H5F2NS. The van der Waals surface area contributed by atoms with E-state index in [0.717, 1.165) is 6.20 Å². The van der Waals surface area contributed by atoms with E-state index in [2.05, 4.69) is 11.6 Å². The number of hydrogen-bond acceptors (Lipinski definition) is 2. The van der Waals surface area contributed by atoms with Gasteiger partial charge in [-0.15, -0.1) is 0 Å². The number of hydrogen-bond donors (Lipinski definition) is 0. The highest BCUT2D eigenvalue weighted by Gasteiger charge is 2.01. The summed E-state index contributed by atoms with van der Waals surface area (Å²) >= 11 is 0.0301. The van der Waals surface area contributed by atoms with Crippen LogP contribution in [0.2, 0.25) is 0 Å². The van der Waals surface area contributed by atoms with Crippen LogP contribution >= 0.6 is 12.1 Å². The summed E-state index contributed by atoms with van der Waals surface area (Å²) in [6.45, 7) is 3.36. The van der Waals surface area contributed by atoms with Gasteiger partial charge in [0.15, 0.2) is 0 Å². The van der Waals surface area contributed by atoms with Gasteiger partial charge in [-0.2, -0.15) is 8.28 Å². The van der Waals surface area contributed by atoms with Crippen molar-refractivity contribution in [3.8, 4) is 0 Å². The molecule has 0 aromatic carbocycles. The Balaban J connectivity index is 3.12. The van der Waals surface area contributed by atoms with Crippen LogP contribution in [-0.2, 0) is 0 Å². The Kier molecular flexibility index (Phi) is 2.59. The van der Waals surface area contributed by atoms with E-state index >= 15 is 0 Å². The Morgan fingerprint density at radius 3 is 2.91 bits per heavy atom. The molecule has 58 valence electrons. The average Bonchev–Trinajstić information content (AvgIpc) is 2.05. The zero-order chi connectivity index (χ0) is 8.27. The second-order valence-corrected chi connectivity index (χ2v) is 2.46. The quantitative estimate of drug-likeness (QED) is 0.638. The van der Waals surface area contributed by atoms with Crippen molar-refractivity contribution < 1.29 is 8.28 Å². The van der Waals surface area contributed by atoms with Crippen LogP contribution in [0.25, 0.3) is 6.08 Å². The van der Waals surface area contributed by atoms with Gasteiger partial charge in [-0.1, -0.05) is 12.7 Å². The van der Waals surface area contributed by atoms with Crippen molar-refractivity contribution in [2.75, 3.05) is 0 Å². The maximum atomic E-state index is 12.6. The Bertz CT molecular complexity index is 275. The maximum Gasteiger partial charge on any atom is 0.220 e. The zero-order valence-corrected chi connectivity index (χ0v) is 6.37. The van der Waals surface area contributed by atoms with Crippen LogP contribution in [0.1, 0.15) is 5.56 Å². The van der Waals surface area contributed by atoms with Crippen molar-refractivity contribution in [3.63, 3.8) is 0 Å². The molecular weight excluding hydrogens is 168 g/mol. The van der Waals surface area contributed by atoms with E-state index in [1.165, 1.54) is 12.1 Å². The molecule has 4 heteroatoms. The van der Waals surface area contributed by atoms with E-state index in [9.17, 15) is 8.28 Å². The fourth-order valence-electron chi connectivity index (χ4n) is 0.630. The first-order valence-corrected chi connectivity index (χ1v) is 3.56. The fraction of sp³-hybridized carbons (Fsp3) is 0. The molecule has 1 rings (SSSR count). The minimum absolute atomic E-state index is 0.0301. The third-order valence-corrected chi connectivity index (χ3v) is 1.55. The Morgan fingerprint density at radius 1 is 1.64 bits per heavy atom. The molecule has 0 spiro atoms. The van der Waals surface area contributed by atoms with Gasteiger partial charge >= 0.3 is 0 Å². The molecule has 0 aliphatic heterocycles. The van der Waals surface area contributed by atoms with Crippen LogP contribution in [0, 0.1) is 5.95 Å². The minimum atomic E-state index is -0.627. The number of pyridine rings is 1. The molecule has 0 saturated heterocycles. The lowest BCUT2D eigenvalue weighted by Gasteiger charge is -1.95. The van der Waals surface area contributed by atoms with Gasteiger partial charge < -0.3 is 0 Å². The number of halogens is 2. The van der Waals surface area contributed by atoms with Crippen molar-refractivity contribution in [2.24, 2.45) is 0 Å². The molecule has 0 radical (unpaired) electrons. The van der Waals surface area contributed by atoms with Crippen molar-refractivity contribution in [3.05, 3.63) is 30.4 Å². The summed E-state index contributed by atoms with van der Waals surface area (Å²) in [5, 5.41) is 0. The van der Waals surface area contributed by atoms with E-state index in [0.29, 0.717) is 0 Å². The Morgan fingerprint density at radius 2 is 2.36 bits per heavy atom. The van der Waals surface area contributed by atoms with Gasteiger partial charge in [-0.25, -0.2) is 4.98 Å². The average molecular weight is 173 g/mol. The third-order valence-electron chi connectivity index (χ3n) is 1.15. The lowest BCUT2D eigenvalue weighted by atomic mass is 10.3. The van der Waals surface area contributed by atoms with E-state index in [1.54, 1.807) is 0 Å². The van der Waals surface area contributed by atoms with Crippen LogP contribution in [0.4, 0.5) is 8.28 Å². The lowest BCUT2D eigenvalue weighted by molar-refractivity contribution is 0.578. The molecule has 0 fully saturated rings. The zero-order valence-electron chi connectivity index (χ0n) is 5.55. The van der Waals surface area contributed by atoms with Crippen LogP contribution < -0.4 is 0 Å². The van der Waals surface area contributed by atoms with Gasteiger partial charge in [-0.05, 0) is 6.07 Å². The lowest BCUT2D eigenvalue weighted by Crippen LogP contribution is -1.86. The van der Waals surface area contributed by atoms with E-state index in [-0.39, 0.29) is 22.6 Å². The first-order chi connectivity index (χ1) is 5.27. The predicted molar refractivity (Wildman–Crippen MR) is 41.3 cm³/mol. The summed E-state index contributed by atoms with van der Waals surface area (Å²) in [5.41, 5.74) is 0.215. The summed E-state index contributed by atoms with van der Waals surface area (Å²) in [5.74, 6) is -0.627. The van der Waals surface area contributed by atoms with Crippen molar-refractivity contribution in [1.29, 1.82) is 0 Å². The molecule has 0 unspecified atom stereocenters. The largest absolute Gasteiger partial charge is 0.227 e. The first-order valence-electron chi connectivity index (χ1n) is 2.84. The molecule has 11 heavy (non-hydrogen) atoms. The highest BCUT2D eigenvalue weighted by molar-refractivity contribution is 7.94. The van der Waals surface area contributed by atoms with E-state index in [4.69, 9.17) is 0 Å². The second kappa shape index (κ2) is 3.48. The molecule has 1 nitrogen and oxygen atoms in total. The standard InChI is InChI=1S/C7H5F2NS/c1-2-5-3-6(11-9)4-10-7(5)8/h2-4H,1H2. The van der Waals surface area contributed by atoms with Gasteiger partial charge in [0.05, 0.1) is 17.0 Å². The molecule has 0 bridgehead atoms. The predicted octanol–water partition coefficient (Wildman–Crippen LogP) is 2.84. The van der Waals surface area contributed by atoms with E-state index < -0.39 is 5.95 Å². The van der Waals surface area contributed by atoms with Crippen LogP contribution in [0.5, 0.6) is 0 Å². The van der Waals surface area contributed by atoms with Crippen molar-refractivity contribution >= 4 is 18.2 Å². The molecule has 0 atom stereocenters. The number of aromatic nitrogens is 1. The molecule has 1 heterocycles. The molecule has 0 N–H and O–H groups in total. The minimum Gasteiger partial charge on any atom is -0.227 e. The van der Waals surface area contributed by atoms with Crippen molar-refractivity contribution in [1.82, 2.24) is 4.98 Å². The molecule has 0 aliphatic rings. The molecule has 1 aromatic rings. The topological polar surface area (TPSA) is 12.9 Å². The maximum absolute atomic E-state index is 12.6. The van der Waals surface area contributed by atoms with Gasteiger partial charge in [-0.3, -0.25) is 0 Å². The van der Waals surface area contributed by atoms with Crippen LogP contribution in [-0.4, -0.2) is 4.98 Å². The number of rotatable bonds is 2. The summed E-state index contributed by atoms with van der Waals surface area (Å²) < 4.78 is 24.5. The Hall–Kier alpha value is -0.900. The van der Waals surface area contributed by atoms with Crippen LogP contribution in [0.3, 0.4) is 0 Å². The summed E-state index contributed by atoms with van der Waals surface area (Å²) in [6.07, 6.45) is 2.43. The summed E-state index contributed by atoms with van der Waals surface area (Å²) in [6, 6.07) is 1.35. The SMILES string of the molecule is C=Cc1cc(SF)cnc1F. The summed E-state index contributed by atoms with van der Waals surface area (Å²) in [4.78, 5) is 3.60. The normalized spacial score (nSPS) is 9.64.